The minimum absolute atomic E-state index is 0.0247. The SMILES string of the molecule is CCN(CC)c1ccc(S(=O)(=O)N(CC)CC)cc1NCC(=O)Nc1ccc(C)cc1. The van der Waals surface area contributed by atoms with E-state index in [0.29, 0.717) is 18.8 Å². The van der Waals surface area contributed by atoms with Crippen molar-refractivity contribution < 1.29 is 13.2 Å². The Morgan fingerprint density at radius 2 is 1.52 bits per heavy atom. The number of carbonyl (C=O) groups excluding carboxylic acids is 1. The van der Waals surface area contributed by atoms with Gasteiger partial charge in [0.05, 0.1) is 22.8 Å². The smallest absolute Gasteiger partial charge is 0.243 e. The monoisotopic (exact) mass is 446 g/mol. The van der Waals surface area contributed by atoms with Gasteiger partial charge in [-0.15, -0.1) is 0 Å². The number of anilines is 3. The number of benzene rings is 2. The number of hydrogen-bond donors (Lipinski definition) is 2. The zero-order valence-electron chi connectivity index (χ0n) is 19.1. The average Bonchev–Trinajstić information content (AvgIpc) is 2.76. The molecular formula is C23H34N4O3S. The van der Waals surface area contributed by atoms with Crippen LogP contribution in [-0.2, 0) is 14.8 Å². The summed E-state index contributed by atoms with van der Waals surface area (Å²) >= 11 is 0. The molecule has 7 nitrogen and oxygen atoms in total. The lowest BCUT2D eigenvalue weighted by Crippen LogP contribution is -2.31. The van der Waals surface area contributed by atoms with Crippen LogP contribution in [0.4, 0.5) is 17.1 Å². The molecule has 170 valence electrons. The van der Waals surface area contributed by atoms with E-state index in [9.17, 15) is 13.2 Å². The molecule has 0 fully saturated rings. The van der Waals surface area contributed by atoms with Crippen molar-refractivity contribution in [1.29, 1.82) is 0 Å². The van der Waals surface area contributed by atoms with Gasteiger partial charge in [0.2, 0.25) is 15.9 Å². The number of aryl methyl sites for hydroxylation is 1. The lowest BCUT2D eigenvalue weighted by molar-refractivity contribution is -0.114. The summed E-state index contributed by atoms with van der Waals surface area (Å²) in [5, 5.41) is 6.00. The first-order valence-corrected chi connectivity index (χ1v) is 12.2. The van der Waals surface area contributed by atoms with E-state index in [-0.39, 0.29) is 17.3 Å². The second kappa shape index (κ2) is 11.2. The fraction of sp³-hybridized carbons (Fsp3) is 0.435. The number of carbonyl (C=O) groups is 1. The van der Waals surface area contributed by atoms with Crippen molar-refractivity contribution in [2.45, 2.75) is 39.5 Å². The molecule has 0 radical (unpaired) electrons. The minimum atomic E-state index is -3.60. The highest BCUT2D eigenvalue weighted by Gasteiger charge is 2.23. The molecule has 0 bridgehead atoms. The van der Waals surface area contributed by atoms with Crippen LogP contribution in [0.3, 0.4) is 0 Å². The molecule has 0 aliphatic carbocycles. The van der Waals surface area contributed by atoms with Crippen molar-refractivity contribution in [3.63, 3.8) is 0 Å². The largest absolute Gasteiger partial charge is 0.374 e. The molecule has 0 spiro atoms. The molecule has 0 saturated heterocycles. The highest BCUT2D eigenvalue weighted by atomic mass is 32.2. The molecule has 0 unspecified atom stereocenters. The standard InChI is InChI=1S/C23H34N4O3S/c1-6-26(7-2)22-15-14-20(31(29,30)27(8-3)9-4)16-21(22)24-17-23(28)25-19-12-10-18(5)11-13-19/h10-16,24H,6-9,17H2,1-5H3,(H,25,28). The molecule has 0 aliphatic heterocycles. The second-order valence-electron chi connectivity index (χ2n) is 7.21. The fourth-order valence-electron chi connectivity index (χ4n) is 3.39. The van der Waals surface area contributed by atoms with Crippen molar-refractivity contribution in [2.75, 3.05) is 48.3 Å². The van der Waals surface area contributed by atoms with Crippen LogP contribution in [0, 0.1) is 6.92 Å². The maximum atomic E-state index is 13.0. The summed E-state index contributed by atoms with van der Waals surface area (Å²) in [4.78, 5) is 14.8. The van der Waals surface area contributed by atoms with E-state index in [0.717, 1.165) is 30.0 Å². The van der Waals surface area contributed by atoms with Crippen molar-refractivity contribution >= 4 is 33.0 Å². The van der Waals surface area contributed by atoms with Crippen LogP contribution >= 0.6 is 0 Å². The molecule has 0 heterocycles. The van der Waals surface area contributed by atoms with Crippen LogP contribution in [-0.4, -0.2) is 51.4 Å². The van der Waals surface area contributed by atoms with Crippen LogP contribution in [0.5, 0.6) is 0 Å². The van der Waals surface area contributed by atoms with E-state index < -0.39 is 10.0 Å². The fourth-order valence-corrected chi connectivity index (χ4v) is 4.87. The van der Waals surface area contributed by atoms with Gasteiger partial charge in [0, 0.05) is 31.9 Å². The Morgan fingerprint density at radius 1 is 0.903 bits per heavy atom. The van der Waals surface area contributed by atoms with Gasteiger partial charge in [0.15, 0.2) is 0 Å². The molecule has 0 atom stereocenters. The predicted molar refractivity (Wildman–Crippen MR) is 128 cm³/mol. The zero-order valence-corrected chi connectivity index (χ0v) is 19.9. The molecular weight excluding hydrogens is 412 g/mol. The molecule has 8 heteroatoms. The predicted octanol–water partition coefficient (Wildman–Crippen LogP) is 3.92. The molecule has 2 rings (SSSR count). The number of sulfonamides is 1. The summed E-state index contributed by atoms with van der Waals surface area (Å²) in [7, 11) is -3.60. The van der Waals surface area contributed by atoms with Crippen LogP contribution in [0.15, 0.2) is 47.4 Å². The van der Waals surface area contributed by atoms with Crippen molar-refractivity contribution in [3.8, 4) is 0 Å². The molecule has 2 N–H and O–H groups in total. The summed E-state index contributed by atoms with van der Waals surface area (Å²) in [5.74, 6) is -0.202. The van der Waals surface area contributed by atoms with Gasteiger partial charge in [-0.1, -0.05) is 31.5 Å². The number of nitrogens with one attached hydrogen (secondary N) is 2. The van der Waals surface area contributed by atoms with Gasteiger partial charge < -0.3 is 15.5 Å². The molecule has 2 aromatic carbocycles. The quantitative estimate of drug-likeness (QED) is 0.547. The molecule has 0 aliphatic rings. The Bertz CT molecular complexity index is 967. The molecule has 0 saturated carbocycles. The van der Waals surface area contributed by atoms with Crippen molar-refractivity contribution in [3.05, 3.63) is 48.0 Å². The van der Waals surface area contributed by atoms with Crippen LogP contribution in [0.2, 0.25) is 0 Å². The summed E-state index contributed by atoms with van der Waals surface area (Å²) in [6.45, 7) is 12.1. The maximum Gasteiger partial charge on any atom is 0.243 e. The summed E-state index contributed by atoms with van der Waals surface area (Å²) in [6.07, 6.45) is 0. The Labute approximate surface area is 186 Å². The van der Waals surface area contributed by atoms with Gasteiger partial charge >= 0.3 is 0 Å². The lowest BCUT2D eigenvalue weighted by Gasteiger charge is -2.26. The normalized spacial score (nSPS) is 11.4. The first kappa shape index (κ1) is 24.7. The minimum Gasteiger partial charge on any atom is -0.374 e. The molecule has 0 aromatic heterocycles. The first-order valence-electron chi connectivity index (χ1n) is 10.8. The van der Waals surface area contributed by atoms with Crippen molar-refractivity contribution in [1.82, 2.24) is 4.31 Å². The molecule has 1 amide bonds. The maximum absolute atomic E-state index is 13.0. The Kier molecular flexibility index (Phi) is 8.88. The van der Waals surface area contributed by atoms with Gasteiger partial charge in [-0.05, 0) is 51.1 Å². The third kappa shape index (κ3) is 6.21. The highest BCUT2D eigenvalue weighted by Crippen LogP contribution is 2.30. The second-order valence-corrected chi connectivity index (χ2v) is 9.15. The van der Waals surface area contributed by atoms with Crippen LogP contribution < -0.4 is 15.5 Å². The number of nitrogens with zero attached hydrogens (tertiary/aromatic N) is 2. The van der Waals surface area contributed by atoms with E-state index in [1.54, 1.807) is 12.1 Å². The van der Waals surface area contributed by atoms with Crippen LogP contribution in [0.25, 0.3) is 0 Å². The van der Waals surface area contributed by atoms with Crippen LogP contribution in [0.1, 0.15) is 33.3 Å². The van der Waals surface area contributed by atoms with E-state index in [1.165, 1.54) is 4.31 Å². The van der Waals surface area contributed by atoms with Gasteiger partial charge in [-0.3, -0.25) is 4.79 Å². The van der Waals surface area contributed by atoms with E-state index in [2.05, 4.69) is 15.5 Å². The summed E-state index contributed by atoms with van der Waals surface area (Å²) in [5.41, 5.74) is 3.33. The molecule has 2 aromatic rings. The molecule has 31 heavy (non-hydrogen) atoms. The number of rotatable bonds is 11. The van der Waals surface area contributed by atoms with Gasteiger partial charge in [-0.25, -0.2) is 8.42 Å². The first-order chi connectivity index (χ1) is 14.8. The Hall–Kier alpha value is -2.58. The Morgan fingerprint density at radius 3 is 2.06 bits per heavy atom. The Balaban J connectivity index is 2.29. The zero-order chi connectivity index (χ0) is 23.0. The third-order valence-corrected chi connectivity index (χ3v) is 7.24. The number of hydrogen-bond acceptors (Lipinski definition) is 5. The highest BCUT2D eigenvalue weighted by molar-refractivity contribution is 7.89. The van der Waals surface area contributed by atoms with E-state index in [4.69, 9.17) is 0 Å². The van der Waals surface area contributed by atoms with E-state index >= 15 is 0 Å². The topological polar surface area (TPSA) is 81.8 Å². The van der Waals surface area contributed by atoms with Crippen molar-refractivity contribution in [2.24, 2.45) is 0 Å². The third-order valence-electron chi connectivity index (χ3n) is 5.19. The summed E-state index contributed by atoms with van der Waals surface area (Å²) in [6, 6.07) is 12.6. The van der Waals surface area contributed by atoms with Gasteiger partial charge in [0.1, 0.15) is 0 Å². The van der Waals surface area contributed by atoms with E-state index in [1.807, 2.05) is 65.0 Å². The lowest BCUT2D eigenvalue weighted by atomic mass is 10.2. The van der Waals surface area contributed by atoms with Gasteiger partial charge in [0.25, 0.3) is 0 Å². The number of amides is 1. The average molecular weight is 447 g/mol. The summed E-state index contributed by atoms with van der Waals surface area (Å²) < 4.78 is 27.4. The van der Waals surface area contributed by atoms with Gasteiger partial charge in [-0.2, -0.15) is 4.31 Å².